The van der Waals surface area contributed by atoms with Crippen molar-refractivity contribution in [1.82, 2.24) is 15.0 Å². The summed E-state index contributed by atoms with van der Waals surface area (Å²) in [5.74, 6) is 1.38. The monoisotopic (exact) mass is 393 g/mol. The quantitative estimate of drug-likeness (QED) is 0.557. The van der Waals surface area contributed by atoms with Gasteiger partial charge in [-0.1, -0.05) is 36.9 Å². The minimum atomic E-state index is 0.430. The molecule has 6 heteroatoms. The molecule has 1 fully saturated rings. The van der Waals surface area contributed by atoms with Crippen LogP contribution in [0.4, 0.5) is 17.5 Å². The Kier molecular flexibility index (Phi) is 5.72. The van der Waals surface area contributed by atoms with Gasteiger partial charge in [-0.3, -0.25) is 4.98 Å². The highest BCUT2D eigenvalue weighted by molar-refractivity contribution is 6.31. The van der Waals surface area contributed by atoms with E-state index in [2.05, 4.69) is 15.6 Å². The molecule has 0 spiro atoms. The van der Waals surface area contributed by atoms with Crippen molar-refractivity contribution in [3.8, 4) is 11.3 Å². The lowest BCUT2D eigenvalue weighted by atomic mass is 9.96. The molecule has 3 aromatic rings. The van der Waals surface area contributed by atoms with E-state index in [4.69, 9.17) is 21.6 Å². The summed E-state index contributed by atoms with van der Waals surface area (Å²) < 4.78 is 0. The van der Waals surface area contributed by atoms with Crippen molar-refractivity contribution in [2.45, 2.75) is 45.1 Å². The van der Waals surface area contributed by atoms with Crippen LogP contribution in [-0.4, -0.2) is 21.0 Å². The SMILES string of the molecule is Cc1ccc(Nc2cc(-c3cccnc3)nc(NC3CCCCC3)n2)cc1Cl. The van der Waals surface area contributed by atoms with E-state index in [0.29, 0.717) is 12.0 Å². The fourth-order valence-corrected chi connectivity index (χ4v) is 3.67. The smallest absolute Gasteiger partial charge is 0.225 e. The third-order valence-electron chi connectivity index (χ3n) is 5.07. The lowest BCUT2D eigenvalue weighted by Gasteiger charge is -2.23. The van der Waals surface area contributed by atoms with Gasteiger partial charge in [0.15, 0.2) is 0 Å². The number of rotatable bonds is 5. The van der Waals surface area contributed by atoms with Crippen LogP contribution in [0, 0.1) is 6.92 Å². The summed E-state index contributed by atoms with van der Waals surface area (Å²) in [5, 5.41) is 7.62. The minimum Gasteiger partial charge on any atom is -0.351 e. The maximum atomic E-state index is 6.27. The van der Waals surface area contributed by atoms with Crippen LogP contribution in [0.3, 0.4) is 0 Å². The molecule has 1 aliphatic rings. The lowest BCUT2D eigenvalue weighted by Crippen LogP contribution is -2.23. The van der Waals surface area contributed by atoms with E-state index < -0.39 is 0 Å². The molecule has 0 amide bonds. The first-order valence-electron chi connectivity index (χ1n) is 9.76. The predicted molar refractivity (Wildman–Crippen MR) is 115 cm³/mol. The number of anilines is 3. The van der Waals surface area contributed by atoms with Crippen molar-refractivity contribution in [2.75, 3.05) is 10.6 Å². The Bertz CT molecular complexity index is 939. The van der Waals surface area contributed by atoms with E-state index in [9.17, 15) is 0 Å². The summed E-state index contributed by atoms with van der Waals surface area (Å²) in [6.45, 7) is 1.99. The van der Waals surface area contributed by atoms with Crippen LogP contribution >= 0.6 is 11.6 Å². The van der Waals surface area contributed by atoms with E-state index >= 15 is 0 Å². The number of halogens is 1. The first kappa shape index (κ1) is 18.7. The third-order valence-corrected chi connectivity index (χ3v) is 5.47. The topological polar surface area (TPSA) is 62.7 Å². The normalized spacial score (nSPS) is 14.6. The number of hydrogen-bond acceptors (Lipinski definition) is 5. The number of hydrogen-bond donors (Lipinski definition) is 2. The van der Waals surface area contributed by atoms with Crippen molar-refractivity contribution in [1.29, 1.82) is 0 Å². The Balaban J connectivity index is 1.65. The third kappa shape index (κ3) is 4.60. The first-order chi connectivity index (χ1) is 13.7. The molecule has 0 atom stereocenters. The lowest BCUT2D eigenvalue weighted by molar-refractivity contribution is 0.461. The zero-order valence-electron chi connectivity index (χ0n) is 16.0. The maximum Gasteiger partial charge on any atom is 0.225 e. The van der Waals surface area contributed by atoms with Crippen LogP contribution in [-0.2, 0) is 0 Å². The molecule has 0 saturated heterocycles. The largest absolute Gasteiger partial charge is 0.351 e. The molecule has 144 valence electrons. The Labute approximate surface area is 170 Å². The number of nitrogens with zero attached hydrogens (tertiary/aromatic N) is 3. The molecule has 2 heterocycles. The van der Waals surface area contributed by atoms with Crippen LogP contribution in [0.25, 0.3) is 11.3 Å². The number of benzene rings is 1. The summed E-state index contributed by atoms with van der Waals surface area (Å²) in [5.41, 5.74) is 3.74. The van der Waals surface area contributed by atoms with E-state index in [1.165, 1.54) is 19.3 Å². The van der Waals surface area contributed by atoms with Crippen molar-refractivity contribution in [3.63, 3.8) is 0 Å². The Morgan fingerprint density at radius 1 is 1.04 bits per heavy atom. The van der Waals surface area contributed by atoms with Crippen LogP contribution in [0.2, 0.25) is 5.02 Å². The molecule has 0 bridgehead atoms. The highest BCUT2D eigenvalue weighted by Gasteiger charge is 2.15. The number of nitrogens with one attached hydrogen (secondary N) is 2. The molecular weight excluding hydrogens is 370 g/mol. The summed E-state index contributed by atoms with van der Waals surface area (Å²) >= 11 is 6.27. The van der Waals surface area contributed by atoms with Gasteiger partial charge in [-0.15, -0.1) is 0 Å². The Morgan fingerprint density at radius 3 is 2.64 bits per heavy atom. The summed E-state index contributed by atoms with van der Waals surface area (Å²) in [6, 6.07) is 12.2. The van der Waals surface area contributed by atoms with Crippen LogP contribution in [0.1, 0.15) is 37.7 Å². The van der Waals surface area contributed by atoms with Crippen molar-refractivity contribution in [3.05, 3.63) is 59.4 Å². The predicted octanol–water partition coefficient (Wildman–Crippen LogP) is 5.99. The average molecular weight is 394 g/mol. The van der Waals surface area contributed by atoms with Gasteiger partial charge in [0.2, 0.25) is 5.95 Å². The summed E-state index contributed by atoms with van der Waals surface area (Å²) in [4.78, 5) is 13.7. The minimum absolute atomic E-state index is 0.430. The molecule has 1 aliphatic carbocycles. The van der Waals surface area contributed by atoms with Gasteiger partial charge in [0.25, 0.3) is 0 Å². The van der Waals surface area contributed by atoms with E-state index in [1.807, 2.05) is 49.5 Å². The first-order valence-corrected chi connectivity index (χ1v) is 10.1. The number of aromatic nitrogens is 3. The number of aryl methyl sites for hydroxylation is 1. The van der Waals surface area contributed by atoms with Gasteiger partial charge in [-0.25, -0.2) is 4.98 Å². The van der Waals surface area contributed by atoms with Crippen molar-refractivity contribution in [2.24, 2.45) is 0 Å². The second kappa shape index (κ2) is 8.57. The van der Waals surface area contributed by atoms with Gasteiger partial charge < -0.3 is 10.6 Å². The average Bonchev–Trinajstić information content (AvgIpc) is 2.72. The van der Waals surface area contributed by atoms with Gasteiger partial charge in [0.05, 0.1) is 5.69 Å². The highest BCUT2D eigenvalue weighted by Crippen LogP contribution is 2.27. The molecule has 4 rings (SSSR count). The standard InChI is InChI=1S/C22H24ClN5/c1-15-9-10-18(12-19(15)23)25-21-13-20(16-6-5-11-24-14-16)27-22(28-21)26-17-7-3-2-4-8-17/h5-6,9-14,17H,2-4,7-8H2,1H3,(H2,25,26,27,28). The summed E-state index contributed by atoms with van der Waals surface area (Å²) in [7, 11) is 0. The summed E-state index contributed by atoms with van der Waals surface area (Å²) in [6.07, 6.45) is 9.74. The molecule has 1 saturated carbocycles. The zero-order chi connectivity index (χ0) is 19.3. The van der Waals surface area contributed by atoms with E-state index in [1.54, 1.807) is 6.20 Å². The molecule has 2 N–H and O–H groups in total. The van der Waals surface area contributed by atoms with Crippen LogP contribution in [0.5, 0.6) is 0 Å². The Morgan fingerprint density at radius 2 is 1.89 bits per heavy atom. The molecule has 0 aliphatic heterocycles. The fourth-order valence-electron chi connectivity index (χ4n) is 3.49. The Hall–Kier alpha value is -2.66. The van der Waals surface area contributed by atoms with E-state index in [-0.39, 0.29) is 0 Å². The molecule has 28 heavy (non-hydrogen) atoms. The van der Waals surface area contributed by atoms with Gasteiger partial charge in [0.1, 0.15) is 5.82 Å². The van der Waals surface area contributed by atoms with Crippen LogP contribution in [0.15, 0.2) is 48.8 Å². The second-order valence-electron chi connectivity index (χ2n) is 7.27. The van der Waals surface area contributed by atoms with Crippen molar-refractivity contribution >= 4 is 29.1 Å². The number of pyridine rings is 1. The molecule has 2 aromatic heterocycles. The zero-order valence-corrected chi connectivity index (χ0v) is 16.7. The van der Waals surface area contributed by atoms with E-state index in [0.717, 1.165) is 46.2 Å². The van der Waals surface area contributed by atoms with Gasteiger partial charge in [-0.2, -0.15) is 4.98 Å². The molecule has 0 radical (unpaired) electrons. The maximum absolute atomic E-state index is 6.27. The highest BCUT2D eigenvalue weighted by atomic mass is 35.5. The molecule has 1 aromatic carbocycles. The second-order valence-corrected chi connectivity index (χ2v) is 7.68. The van der Waals surface area contributed by atoms with Gasteiger partial charge in [0, 0.05) is 40.8 Å². The molecular formula is C22H24ClN5. The van der Waals surface area contributed by atoms with Crippen molar-refractivity contribution < 1.29 is 0 Å². The van der Waals surface area contributed by atoms with Gasteiger partial charge >= 0.3 is 0 Å². The van der Waals surface area contributed by atoms with Crippen LogP contribution < -0.4 is 10.6 Å². The fraction of sp³-hybridized carbons (Fsp3) is 0.318. The molecule has 5 nitrogen and oxygen atoms in total. The van der Waals surface area contributed by atoms with Gasteiger partial charge in [-0.05, 0) is 49.6 Å². The molecule has 0 unspecified atom stereocenters.